The van der Waals surface area contributed by atoms with Crippen molar-refractivity contribution in [1.82, 2.24) is 20.3 Å². The second-order valence-corrected chi connectivity index (χ2v) is 6.26. The van der Waals surface area contributed by atoms with Gasteiger partial charge in [-0.3, -0.25) is 0 Å². The first-order valence-corrected chi connectivity index (χ1v) is 8.29. The van der Waals surface area contributed by atoms with Gasteiger partial charge in [0.2, 0.25) is 0 Å². The quantitative estimate of drug-likeness (QED) is 0.808. The van der Waals surface area contributed by atoms with Crippen LogP contribution in [0.3, 0.4) is 0 Å². The summed E-state index contributed by atoms with van der Waals surface area (Å²) in [7, 11) is 0. The third-order valence-electron chi connectivity index (χ3n) is 4.80. The molecule has 2 aliphatic heterocycles. The van der Waals surface area contributed by atoms with E-state index >= 15 is 0 Å². The van der Waals surface area contributed by atoms with E-state index in [0.717, 1.165) is 50.6 Å². The van der Waals surface area contributed by atoms with Gasteiger partial charge in [0.1, 0.15) is 17.8 Å². The van der Waals surface area contributed by atoms with Crippen LogP contribution < -0.4 is 10.6 Å². The molecule has 0 aliphatic carbocycles. The smallest absolute Gasteiger partial charge is 0.143 e. The van der Waals surface area contributed by atoms with E-state index in [-0.39, 0.29) is 0 Å². The largest absolute Gasteiger partial charge is 0.381 e. The van der Waals surface area contributed by atoms with Crippen molar-refractivity contribution in [3.8, 4) is 0 Å². The third-order valence-corrected chi connectivity index (χ3v) is 4.80. The molecule has 6 heteroatoms. The number of fused-ring (bicyclic) bond motifs is 1. The minimum Gasteiger partial charge on any atom is -0.381 e. The number of nitrogens with zero attached hydrogens (tertiary/aromatic N) is 2. The number of hydrogen-bond donors (Lipinski definition) is 3. The number of ether oxygens (including phenoxy) is 1. The number of hydrogen-bond acceptors (Lipinski definition) is 5. The normalized spacial score (nSPS) is 23.7. The van der Waals surface area contributed by atoms with Crippen LogP contribution in [0.5, 0.6) is 0 Å². The number of piperidine rings is 1. The Morgan fingerprint density at radius 1 is 1.18 bits per heavy atom. The molecule has 118 valence electrons. The molecule has 2 aromatic rings. The van der Waals surface area contributed by atoms with Gasteiger partial charge in [-0.25, -0.2) is 9.97 Å². The number of anilines is 1. The second-order valence-electron chi connectivity index (χ2n) is 6.26. The summed E-state index contributed by atoms with van der Waals surface area (Å²) < 4.78 is 5.50. The zero-order valence-corrected chi connectivity index (χ0v) is 12.8. The number of aromatic amines is 1. The molecule has 0 saturated carbocycles. The number of nitrogens with one attached hydrogen (secondary N) is 3. The molecule has 2 saturated heterocycles. The first kappa shape index (κ1) is 14.0. The lowest BCUT2D eigenvalue weighted by atomic mass is 9.92. The molecule has 2 aromatic heterocycles. The lowest BCUT2D eigenvalue weighted by Gasteiger charge is -2.25. The maximum Gasteiger partial charge on any atom is 0.143 e. The molecule has 0 unspecified atom stereocenters. The fourth-order valence-electron chi connectivity index (χ4n) is 3.60. The van der Waals surface area contributed by atoms with E-state index in [2.05, 4.69) is 31.8 Å². The standard InChI is InChI=1S/C16H23N5O/c1-2-12(8-17-5-1)21-16-14-13(11-3-6-22-7-4-11)9-18-15(14)19-10-20-16/h9-12,17H,1-8H2,(H2,18,19,20,21)/t12-/m1/s1. The summed E-state index contributed by atoms with van der Waals surface area (Å²) >= 11 is 0. The summed E-state index contributed by atoms with van der Waals surface area (Å²) in [5.41, 5.74) is 2.27. The number of H-pyrrole nitrogens is 1. The monoisotopic (exact) mass is 301 g/mol. The average Bonchev–Trinajstić information content (AvgIpc) is 3.02. The maximum absolute atomic E-state index is 5.50. The Hall–Kier alpha value is -1.66. The summed E-state index contributed by atoms with van der Waals surface area (Å²) in [4.78, 5) is 12.2. The summed E-state index contributed by atoms with van der Waals surface area (Å²) in [5.74, 6) is 1.51. The van der Waals surface area contributed by atoms with Crippen molar-refractivity contribution < 1.29 is 4.74 Å². The van der Waals surface area contributed by atoms with E-state index in [9.17, 15) is 0 Å². The highest BCUT2D eigenvalue weighted by Crippen LogP contribution is 2.34. The first-order valence-electron chi connectivity index (χ1n) is 8.29. The molecule has 0 aromatic carbocycles. The fraction of sp³-hybridized carbons (Fsp3) is 0.625. The zero-order chi connectivity index (χ0) is 14.8. The van der Waals surface area contributed by atoms with Gasteiger partial charge in [0.25, 0.3) is 0 Å². The van der Waals surface area contributed by atoms with Crippen LogP contribution in [0.4, 0.5) is 5.82 Å². The Balaban J connectivity index is 1.66. The van der Waals surface area contributed by atoms with Crippen molar-refractivity contribution >= 4 is 16.9 Å². The zero-order valence-electron chi connectivity index (χ0n) is 12.8. The molecule has 0 bridgehead atoms. The highest BCUT2D eigenvalue weighted by Gasteiger charge is 2.23. The summed E-state index contributed by atoms with van der Waals surface area (Å²) in [5, 5.41) is 8.24. The fourth-order valence-corrected chi connectivity index (χ4v) is 3.60. The Bertz CT molecular complexity index is 628. The molecule has 4 rings (SSSR count). The molecule has 0 spiro atoms. The van der Waals surface area contributed by atoms with Gasteiger partial charge in [0.05, 0.1) is 5.39 Å². The molecule has 2 aliphatic rings. The van der Waals surface area contributed by atoms with E-state index < -0.39 is 0 Å². The van der Waals surface area contributed by atoms with Crippen molar-refractivity contribution in [1.29, 1.82) is 0 Å². The lowest BCUT2D eigenvalue weighted by molar-refractivity contribution is 0.0856. The second kappa shape index (κ2) is 6.22. The van der Waals surface area contributed by atoms with Crippen LogP contribution in [0.15, 0.2) is 12.5 Å². The predicted octanol–water partition coefficient (Wildman–Crippen LogP) is 2.02. The van der Waals surface area contributed by atoms with Crippen molar-refractivity contribution in [3.63, 3.8) is 0 Å². The molecule has 22 heavy (non-hydrogen) atoms. The topological polar surface area (TPSA) is 74.9 Å². The van der Waals surface area contributed by atoms with Gasteiger partial charge in [0, 0.05) is 32.0 Å². The van der Waals surface area contributed by atoms with Crippen molar-refractivity contribution in [2.24, 2.45) is 0 Å². The molecule has 4 heterocycles. The molecule has 0 radical (unpaired) electrons. The van der Waals surface area contributed by atoms with Crippen molar-refractivity contribution in [2.75, 3.05) is 31.6 Å². The van der Waals surface area contributed by atoms with Crippen LogP contribution in [0.2, 0.25) is 0 Å². The van der Waals surface area contributed by atoms with Gasteiger partial charge in [-0.2, -0.15) is 0 Å². The minimum absolute atomic E-state index is 0.448. The summed E-state index contributed by atoms with van der Waals surface area (Å²) in [6.07, 6.45) is 8.31. The Labute approximate surface area is 130 Å². The van der Waals surface area contributed by atoms with Crippen molar-refractivity contribution in [2.45, 2.75) is 37.6 Å². The van der Waals surface area contributed by atoms with Gasteiger partial charge in [-0.15, -0.1) is 0 Å². The van der Waals surface area contributed by atoms with Crippen molar-refractivity contribution in [3.05, 3.63) is 18.1 Å². The predicted molar refractivity (Wildman–Crippen MR) is 86.2 cm³/mol. The van der Waals surface area contributed by atoms with Gasteiger partial charge in [-0.05, 0) is 43.7 Å². The summed E-state index contributed by atoms with van der Waals surface area (Å²) in [6.45, 7) is 3.82. The highest BCUT2D eigenvalue weighted by molar-refractivity contribution is 5.90. The van der Waals surface area contributed by atoms with Crippen LogP contribution in [0.25, 0.3) is 11.0 Å². The minimum atomic E-state index is 0.448. The van der Waals surface area contributed by atoms with E-state index in [0.29, 0.717) is 12.0 Å². The molecular formula is C16H23N5O. The van der Waals surface area contributed by atoms with E-state index in [1.807, 2.05) is 0 Å². The Morgan fingerprint density at radius 3 is 2.91 bits per heavy atom. The van der Waals surface area contributed by atoms with Crippen LogP contribution in [-0.2, 0) is 4.74 Å². The van der Waals surface area contributed by atoms with Crippen LogP contribution in [0, 0.1) is 0 Å². The van der Waals surface area contributed by atoms with Gasteiger partial charge >= 0.3 is 0 Å². The van der Waals surface area contributed by atoms with Crippen LogP contribution >= 0.6 is 0 Å². The first-order chi connectivity index (χ1) is 10.9. The van der Waals surface area contributed by atoms with E-state index in [4.69, 9.17) is 4.74 Å². The number of aromatic nitrogens is 3. The van der Waals surface area contributed by atoms with E-state index in [1.54, 1.807) is 6.33 Å². The molecule has 1 atom stereocenters. The van der Waals surface area contributed by atoms with E-state index in [1.165, 1.54) is 23.8 Å². The molecule has 3 N–H and O–H groups in total. The van der Waals surface area contributed by atoms with Crippen LogP contribution in [0.1, 0.15) is 37.2 Å². The third kappa shape index (κ3) is 2.68. The Kier molecular flexibility index (Phi) is 3.95. The summed E-state index contributed by atoms with van der Waals surface area (Å²) in [6, 6.07) is 0.448. The molecule has 0 amide bonds. The molecule has 6 nitrogen and oxygen atoms in total. The highest BCUT2D eigenvalue weighted by atomic mass is 16.5. The lowest BCUT2D eigenvalue weighted by Crippen LogP contribution is -2.38. The van der Waals surface area contributed by atoms with Gasteiger partial charge in [-0.1, -0.05) is 0 Å². The number of rotatable bonds is 3. The van der Waals surface area contributed by atoms with Gasteiger partial charge in [0.15, 0.2) is 0 Å². The SMILES string of the molecule is c1nc(N[C@@H]2CCCNC2)c2c(C3CCOCC3)c[nH]c2n1. The maximum atomic E-state index is 5.50. The Morgan fingerprint density at radius 2 is 2.09 bits per heavy atom. The molecule has 2 fully saturated rings. The molecular weight excluding hydrogens is 278 g/mol. The van der Waals surface area contributed by atoms with Gasteiger partial charge < -0.3 is 20.4 Å². The average molecular weight is 301 g/mol. The van der Waals surface area contributed by atoms with Crippen LogP contribution in [-0.4, -0.2) is 47.3 Å².